The van der Waals surface area contributed by atoms with Crippen molar-refractivity contribution in [2.45, 2.75) is 77.6 Å². The Labute approximate surface area is 105 Å². The van der Waals surface area contributed by atoms with Gasteiger partial charge in [0.05, 0.1) is 0 Å². The molecule has 0 aromatic carbocycles. The van der Waals surface area contributed by atoms with Crippen LogP contribution in [0.5, 0.6) is 0 Å². The summed E-state index contributed by atoms with van der Waals surface area (Å²) in [6, 6.07) is 0. The van der Waals surface area contributed by atoms with Crippen molar-refractivity contribution in [3.05, 3.63) is 0 Å². The summed E-state index contributed by atoms with van der Waals surface area (Å²) in [6.45, 7) is 3.18. The van der Waals surface area contributed by atoms with E-state index in [0.29, 0.717) is 0 Å². The van der Waals surface area contributed by atoms with Crippen LogP contribution in [0.2, 0.25) is 0 Å². The van der Waals surface area contributed by atoms with E-state index in [1.807, 2.05) is 0 Å². The van der Waals surface area contributed by atoms with E-state index in [-0.39, 0.29) is 0 Å². The fraction of sp³-hybridized carbons (Fsp3) is 1.00. The zero-order valence-corrected chi connectivity index (χ0v) is 11.6. The minimum absolute atomic E-state index is 0.904. The lowest BCUT2D eigenvalue weighted by Gasteiger charge is -2.02. The number of hydrogen-bond donors (Lipinski definition) is 0. The van der Waals surface area contributed by atoms with Gasteiger partial charge in [-0.3, -0.25) is 0 Å². The Hall–Kier alpha value is 0.492. The maximum absolute atomic E-state index is 4.94. The predicted octanol–water partition coefficient (Wildman–Crippen LogP) is 4.40. The van der Waals surface area contributed by atoms with Gasteiger partial charge in [-0.1, -0.05) is 71.1 Å². The molecule has 0 bridgehead atoms. The number of unbranched alkanes of at least 4 members (excludes halogenated alkanes) is 10. The quantitative estimate of drug-likeness (QED) is 0.354. The van der Waals surface area contributed by atoms with Crippen molar-refractivity contribution >= 4 is 16.6 Å². The largest absolute Gasteiger partial charge is 0.516 e. The summed E-state index contributed by atoms with van der Waals surface area (Å²) < 4.78 is 4.94. The summed E-state index contributed by atoms with van der Waals surface area (Å²) in [5, 5.41) is 0. The summed E-state index contributed by atoms with van der Waals surface area (Å²) in [4.78, 5) is 0. The molecule has 1 nitrogen and oxygen atoms in total. The monoisotopic (exact) mass is 226 g/mol. The molecular weight excluding hydrogens is 199 g/mol. The molecule has 0 heterocycles. The molecule has 0 aromatic heterocycles. The van der Waals surface area contributed by atoms with Gasteiger partial charge in [-0.2, -0.15) is 0 Å². The molecule has 0 saturated heterocycles. The summed E-state index contributed by atoms with van der Waals surface area (Å²) in [7, 11) is 0. The fourth-order valence-corrected chi connectivity index (χ4v) is 2.02. The molecule has 0 amide bonds. The van der Waals surface area contributed by atoms with Gasteiger partial charge in [0.25, 0.3) is 0 Å². The van der Waals surface area contributed by atoms with E-state index in [1.54, 1.807) is 0 Å². The maximum Gasteiger partial charge on any atom is 0.369 e. The van der Waals surface area contributed by atoms with Crippen LogP contribution < -0.4 is 0 Å². The van der Waals surface area contributed by atoms with Crippen LogP contribution in [0.1, 0.15) is 77.6 Å². The molecule has 0 atom stereocenters. The summed E-state index contributed by atoms with van der Waals surface area (Å²) >= 11 is 2.31. The van der Waals surface area contributed by atoms with Crippen LogP contribution in [0, 0.1) is 0 Å². The minimum Gasteiger partial charge on any atom is -0.516 e. The van der Waals surface area contributed by atoms with E-state index >= 15 is 0 Å². The maximum atomic E-state index is 4.94. The molecule has 0 aliphatic rings. The van der Waals surface area contributed by atoms with Crippen LogP contribution in [0.3, 0.4) is 0 Å². The van der Waals surface area contributed by atoms with E-state index in [0.717, 1.165) is 6.61 Å². The third kappa shape index (κ3) is 14.5. The first-order valence-corrected chi connectivity index (χ1v) is 7.20. The van der Waals surface area contributed by atoms with Crippen molar-refractivity contribution in [2.75, 3.05) is 6.61 Å². The average molecular weight is 226 g/mol. The molecule has 2 heteroatoms. The Morgan fingerprint density at radius 2 is 1.07 bits per heavy atom. The van der Waals surface area contributed by atoms with Crippen molar-refractivity contribution in [3.63, 3.8) is 0 Å². The standard InChI is InChI=1S/C13H27O.Al/c1-2-3-4-5-6-7-8-9-10-11-12-13-14;/h2-13H2,1H3;/q-1;+1. The molecule has 2 radical (unpaired) electrons. The Morgan fingerprint density at radius 3 is 1.47 bits per heavy atom. The minimum atomic E-state index is 0.904. The third-order valence-corrected chi connectivity index (χ3v) is 3.10. The van der Waals surface area contributed by atoms with Crippen LogP contribution in [0.25, 0.3) is 0 Å². The van der Waals surface area contributed by atoms with Crippen molar-refractivity contribution < 1.29 is 3.79 Å². The second-order valence-corrected chi connectivity index (χ2v) is 4.74. The highest BCUT2D eigenvalue weighted by Gasteiger charge is 1.92. The van der Waals surface area contributed by atoms with Gasteiger partial charge in [-0.05, 0) is 6.42 Å². The molecule has 0 saturated carbocycles. The zero-order chi connectivity index (χ0) is 11.2. The predicted molar refractivity (Wildman–Crippen MR) is 68.2 cm³/mol. The Balaban J connectivity index is 2.81. The first kappa shape index (κ1) is 15.5. The first-order chi connectivity index (χ1) is 7.41. The second-order valence-electron chi connectivity index (χ2n) is 4.41. The number of hydrogen-bond acceptors (Lipinski definition) is 1. The summed E-state index contributed by atoms with van der Waals surface area (Å²) in [6.07, 6.45) is 15.4. The van der Waals surface area contributed by atoms with Gasteiger partial charge < -0.3 is 3.79 Å². The smallest absolute Gasteiger partial charge is 0.369 e. The highest BCUT2D eigenvalue weighted by molar-refractivity contribution is 5.97. The first-order valence-electron chi connectivity index (χ1n) is 6.73. The van der Waals surface area contributed by atoms with Crippen molar-refractivity contribution in [2.24, 2.45) is 0 Å². The molecule has 0 spiro atoms. The highest BCUT2D eigenvalue weighted by Crippen LogP contribution is 2.10. The van der Waals surface area contributed by atoms with Gasteiger partial charge in [-0.15, -0.1) is 0 Å². The van der Waals surface area contributed by atoms with Gasteiger partial charge in [-0.25, -0.2) is 0 Å². The van der Waals surface area contributed by atoms with Crippen LogP contribution >= 0.6 is 0 Å². The summed E-state index contributed by atoms with van der Waals surface area (Å²) in [5.41, 5.74) is 0. The van der Waals surface area contributed by atoms with E-state index in [2.05, 4.69) is 23.5 Å². The molecule has 0 aliphatic carbocycles. The Morgan fingerprint density at radius 1 is 0.667 bits per heavy atom. The molecule has 0 rings (SSSR count). The molecule has 0 N–H and O–H groups in total. The highest BCUT2D eigenvalue weighted by atomic mass is 27.1. The van der Waals surface area contributed by atoms with E-state index in [1.165, 1.54) is 70.6 Å². The molecule has 0 unspecified atom stereocenters. The summed E-state index contributed by atoms with van der Waals surface area (Å²) in [5.74, 6) is 0. The lowest BCUT2D eigenvalue weighted by molar-refractivity contribution is 0.332. The molecule has 0 fully saturated rings. The van der Waals surface area contributed by atoms with Crippen molar-refractivity contribution in [1.29, 1.82) is 0 Å². The van der Waals surface area contributed by atoms with Crippen LogP contribution in [-0.2, 0) is 3.79 Å². The fourth-order valence-electron chi connectivity index (χ4n) is 1.85. The van der Waals surface area contributed by atoms with Crippen molar-refractivity contribution in [1.82, 2.24) is 0 Å². The van der Waals surface area contributed by atoms with Gasteiger partial charge >= 0.3 is 16.6 Å². The second kappa shape index (κ2) is 14.5. The third-order valence-electron chi connectivity index (χ3n) is 2.87. The Kier molecular flexibility index (Phi) is 15.0. The van der Waals surface area contributed by atoms with Crippen LogP contribution in [0.4, 0.5) is 0 Å². The average Bonchev–Trinajstić information content (AvgIpc) is 2.26. The molecule has 15 heavy (non-hydrogen) atoms. The normalized spacial score (nSPS) is 10.7. The lowest BCUT2D eigenvalue weighted by Crippen LogP contribution is -1.89. The van der Waals surface area contributed by atoms with Crippen molar-refractivity contribution in [3.8, 4) is 0 Å². The molecule has 0 aliphatic heterocycles. The topological polar surface area (TPSA) is 9.23 Å². The SMILES string of the molecule is CCCCCCCCCCCCC[O][Al]. The van der Waals surface area contributed by atoms with Gasteiger partial charge in [0.15, 0.2) is 0 Å². The van der Waals surface area contributed by atoms with Crippen LogP contribution in [-0.4, -0.2) is 23.2 Å². The van der Waals surface area contributed by atoms with E-state index in [4.69, 9.17) is 3.79 Å². The molecule has 88 valence electrons. The van der Waals surface area contributed by atoms with E-state index in [9.17, 15) is 0 Å². The van der Waals surface area contributed by atoms with Crippen LogP contribution in [0.15, 0.2) is 0 Å². The lowest BCUT2D eigenvalue weighted by atomic mass is 10.1. The molecule has 0 aromatic rings. The van der Waals surface area contributed by atoms with Gasteiger partial charge in [0.1, 0.15) is 0 Å². The Bertz CT molecular complexity index is 94.7. The van der Waals surface area contributed by atoms with E-state index < -0.39 is 0 Å². The zero-order valence-electron chi connectivity index (χ0n) is 10.5. The van der Waals surface area contributed by atoms with Gasteiger partial charge in [0.2, 0.25) is 0 Å². The number of rotatable bonds is 12. The molecular formula is C13H27AlO. The van der Waals surface area contributed by atoms with Gasteiger partial charge in [0, 0.05) is 6.61 Å².